The third-order valence-corrected chi connectivity index (χ3v) is 2.08. The van der Waals surface area contributed by atoms with Crippen LogP contribution in [0.4, 0.5) is 10.1 Å². The number of ether oxygens (including phenoxy) is 1. The van der Waals surface area contributed by atoms with Crippen molar-refractivity contribution >= 4 is 11.6 Å². The summed E-state index contributed by atoms with van der Waals surface area (Å²) in [7, 11) is 0. The number of benzene rings is 1. The number of rotatable bonds is 4. The molecule has 4 nitrogen and oxygen atoms in total. The summed E-state index contributed by atoms with van der Waals surface area (Å²) in [6.07, 6.45) is -0.676. The van der Waals surface area contributed by atoms with Gasteiger partial charge in [0.05, 0.1) is 5.69 Å². The number of anilines is 1. The van der Waals surface area contributed by atoms with Gasteiger partial charge in [0.25, 0.3) is 5.91 Å². The summed E-state index contributed by atoms with van der Waals surface area (Å²) in [5.41, 5.74) is 5.75. The molecule has 1 amide bonds. The van der Waals surface area contributed by atoms with Gasteiger partial charge in [-0.1, -0.05) is 0 Å². The zero-order chi connectivity index (χ0) is 13.0. The maximum Gasteiger partial charge on any atom is 0.260 e. The standard InChI is InChI=1S/C12H17FN2O2/c1-7(2)15-12(16)8(3)17-11-5-4-9(13)6-10(11)14/h4-8H,14H2,1-3H3,(H,15,16). The molecule has 0 saturated carbocycles. The van der Waals surface area contributed by atoms with Gasteiger partial charge in [-0.15, -0.1) is 0 Å². The lowest BCUT2D eigenvalue weighted by Gasteiger charge is -2.17. The van der Waals surface area contributed by atoms with Crippen molar-refractivity contribution in [2.24, 2.45) is 0 Å². The zero-order valence-corrected chi connectivity index (χ0v) is 10.2. The third-order valence-electron chi connectivity index (χ3n) is 2.08. The summed E-state index contributed by atoms with van der Waals surface area (Å²) >= 11 is 0. The van der Waals surface area contributed by atoms with Crippen LogP contribution in [-0.4, -0.2) is 18.1 Å². The van der Waals surface area contributed by atoms with E-state index >= 15 is 0 Å². The van der Waals surface area contributed by atoms with Gasteiger partial charge < -0.3 is 15.8 Å². The summed E-state index contributed by atoms with van der Waals surface area (Å²) in [4.78, 5) is 11.6. The highest BCUT2D eigenvalue weighted by Gasteiger charge is 2.16. The van der Waals surface area contributed by atoms with Crippen molar-refractivity contribution in [3.8, 4) is 5.75 Å². The predicted molar refractivity (Wildman–Crippen MR) is 64.2 cm³/mol. The van der Waals surface area contributed by atoms with Gasteiger partial charge in [-0.2, -0.15) is 0 Å². The van der Waals surface area contributed by atoms with E-state index in [1.165, 1.54) is 12.1 Å². The van der Waals surface area contributed by atoms with E-state index in [-0.39, 0.29) is 17.6 Å². The Morgan fingerprint density at radius 2 is 2.06 bits per heavy atom. The van der Waals surface area contributed by atoms with Gasteiger partial charge in [0, 0.05) is 12.1 Å². The average Bonchev–Trinajstić information content (AvgIpc) is 2.21. The molecule has 1 unspecified atom stereocenters. The van der Waals surface area contributed by atoms with Crippen molar-refractivity contribution in [2.75, 3.05) is 5.73 Å². The monoisotopic (exact) mass is 240 g/mol. The molecule has 5 heteroatoms. The number of amides is 1. The average molecular weight is 240 g/mol. The van der Waals surface area contributed by atoms with Crippen LogP contribution in [0.15, 0.2) is 18.2 Å². The summed E-state index contributed by atoms with van der Waals surface area (Å²) in [6, 6.07) is 3.84. The molecule has 0 aliphatic carbocycles. The highest BCUT2D eigenvalue weighted by molar-refractivity contribution is 5.81. The maximum atomic E-state index is 12.8. The fourth-order valence-corrected chi connectivity index (χ4v) is 1.27. The Labute approximate surface area is 100.0 Å². The molecule has 1 aromatic carbocycles. The Kier molecular flexibility index (Phi) is 4.31. The van der Waals surface area contributed by atoms with Crippen LogP contribution >= 0.6 is 0 Å². The van der Waals surface area contributed by atoms with E-state index in [1.807, 2.05) is 13.8 Å². The van der Waals surface area contributed by atoms with E-state index in [1.54, 1.807) is 6.92 Å². The lowest BCUT2D eigenvalue weighted by Crippen LogP contribution is -2.40. The molecule has 0 radical (unpaired) electrons. The van der Waals surface area contributed by atoms with E-state index in [0.717, 1.165) is 6.07 Å². The van der Waals surface area contributed by atoms with Gasteiger partial charge >= 0.3 is 0 Å². The van der Waals surface area contributed by atoms with Gasteiger partial charge in [0.2, 0.25) is 0 Å². The summed E-state index contributed by atoms with van der Waals surface area (Å²) in [5, 5.41) is 2.71. The van der Waals surface area contributed by atoms with Crippen LogP contribution in [0, 0.1) is 5.82 Å². The molecular formula is C12H17FN2O2. The minimum Gasteiger partial charge on any atom is -0.479 e. The third kappa shape index (κ3) is 3.94. The van der Waals surface area contributed by atoms with E-state index in [9.17, 15) is 9.18 Å². The van der Waals surface area contributed by atoms with Gasteiger partial charge in [-0.25, -0.2) is 4.39 Å². The van der Waals surface area contributed by atoms with E-state index in [4.69, 9.17) is 10.5 Å². The first kappa shape index (κ1) is 13.3. The minimum atomic E-state index is -0.676. The molecule has 17 heavy (non-hydrogen) atoms. The van der Waals surface area contributed by atoms with Crippen LogP contribution in [-0.2, 0) is 4.79 Å². The second-order valence-corrected chi connectivity index (χ2v) is 4.11. The van der Waals surface area contributed by atoms with Crippen LogP contribution in [0.25, 0.3) is 0 Å². The highest BCUT2D eigenvalue weighted by Crippen LogP contribution is 2.22. The van der Waals surface area contributed by atoms with Crippen LogP contribution in [0.1, 0.15) is 20.8 Å². The normalized spacial score (nSPS) is 12.3. The smallest absolute Gasteiger partial charge is 0.260 e. The molecule has 0 bridgehead atoms. The summed E-state index contributed by atoms with van der Waals surface area (Å²) in [6.45, 7) is 5.33. The number of carbonyl (C=O) groups is 1. The molecule has 0 aliphatic heterocycles. The van der Waals surface area contributed by atoms with Crippen molar-refractivity contribution in [1.82, 2.24) is 5.32 Å². The van der Waals surface area contributed by atoms with E-state index in [0.29, 0.717) is 5.75 Å². The zero-order valence-electron chi connectivity index (χ0n) is 10.2. The molecule has 0 aliphatic rings. The second kappa shape index (κ2) is 5.52. The first-order valence-corrected chi connectivity index (χ1v) is 5.42. The Morgan fingerprint density at radius 3 is 2.59 bits per heavy atom. The minimum absolute atomic E-state index is 0.0408. The van der Waals surface area contributed by atoms with Crippen molar-refractivity contribution < 1.29 is 13.9 Å². The van der Waals surface area contributed by atoms with E-state index < -0.39 is 11.9 Å². The number of hydrogen-bond acceptors (Lipinski definition) is 3. The topological polar surface area (TPSA) is 64.3 Å². The Bertz CT molecular complexity index is 407. The summed E-state index contributed by atoms with van der Waals surface area (Å²) < 4.78 is 18.2. The van der Waals surface area contributed by atoms with Gasteiger partial charge in [-0.05, 0) is 32.9 Å². The molecule has 0 heterocycles. The maximum absolute atomic E-state index is 12.8. The first-order valence-electron chi connectivity index (χ1n) is 5.42. The molecule has 0 saturated heterocycles. The fraction of sp³-hybridized carbons (Fsp3) is 0.417. The Hall–Kier alpha value is -1.78. The van der Waals surface area contributed by atoms with Crippen LogP contribution in [0.3, 0.4) is 0 Å². The number of nitrogens with two attached hydrogens (primary N) is 1. The SMILES string of the molecule is CC(C)NC(=O)C(C)Oc1ccc(F)cc1N. The molecule has 94 valence electrons. The molecule has 1 atom stereocenters. The van der Waals surface area contributed by atoms with Gasteiger partial charge in [-0.3, -0.25) is 4.79 Å². The lowest BCUT2D eigenvalue weighted by molar-refractivity contribution is -0.127. The van der Waals surface area contributed by atoms with Crippen molar-refractivity contribution in [2.45, 2.75) is 32.9 Å². The molecule has 1 rings (SSSR count). The number of halogens is 1. The van der Waals surface area contributed by atoms with E-state index in [2.05, 4.69) is 5.32 Å². The lowest BCUT2D eigenvalue weighted by atomic mass is 10.2. The van der Waals surface area contributed by atoms with Crippen molar-refractivity contribution in [1.29, 1.82) is 0 Å². The number of carbonyl (C=O) groups excluding carboxylic acids is 1. The molecular weight excluding hydrogens is 223 g/mol. The predicted octanol–water partition coefficient (Wildman–Crippen LogP) is 1.70. The number of nitrogen functional groups attached to an aromatic ring is 1. The molecule has 1 aromatic rings. The van der Waals surface area contributed by atoms with Crippen molar-refractivity contribution in [3.05, 3.63) is 24.0 Å². The number of hydrogen-bond donors (Lipinski definition) is 2. The van der Waals surface area contributed by atoms with Crippen LogP contribution in [0.2, 0.25) is 0 Å². The summed E-state index contributed by atoms with van der Waals surface area (Å²) in [5.74, 6) is -0.365. The molecule has 0 aromatic heterocycles. The highest BCUT2D eigenvalue weighted by atomic mass is 19.1. The second-order valence-electron chi connectivity index (χ2n) is 4.11. The molecule has 3 N–H and O–H groups in total. The molecule has 0 fully saturated rings. The van der Waals surface area contributed by atoms with Gasteiger partial charge in [0.15, 0.2) is 6.10 Å². The van der Waals surface area contributed by atoms with Gasteiger partial charge in [0.1, 0.15) is 11.6 Å². The Morgan fingerprint density at radius 1 is 1.41 bits per heavy atom. The number of nitrogens with one attached hydrogen (secondary N) is 1. The molecule has 0 spiro atoms. The van der Waals surface area contributed by atoms with Crippen LogP contribution < -0.4 is 15.8 Å². The Balaban J connectivity index is 2.67. The van der Waals surface area contributed by atoms with Crippen molar-refractivity contribution in [3.63, 3.8) is 0 Å². The fourth-order valence-electron chi connectivity index (χ4n) is 1.27. The largest absolute Gasteiger partial charge is 0.479 e. The first-order chi connectivity index (χ1) is 7.90. The quantitative estimate of drug-likeness (QED) is 0.787. The van der Waals surface area contributed by atoms with Crippen LogP contribution in [0.5, 0.6) is 5.75 Å².